The van der Waals surface area contributed by atoms with Crippen molar-refractivity contribution >= 4 is 17.1 Å². The number of nitrogens with two attached hydrogens (primary N) is 1. The molecule has 0 heterocycles. The number of halogens is 1. The first-order valence-electron chi connectivity index (χ1n) is 5.54. The molecule has 19 heavy (non-hydrogen) atoms. The molecule has 2 aromatic carbocycles. The molecule has 0 unspecified atom stereocenters. The zero-order valence-corrected chi connectivity index (χ0v) is 10.3. The molecule has 3 N–H and O–H groups in total. The highest BCUT2D eigenvalue weighted by Gasteiger charge is 2.06. The van der Waals surface area contributed by atoms with Gasteiger partial charge in [0, 0.05) is 11.8 Å². The van der Waals surface area contributed by atoms with Crippen molar-refractivity contribution < 1.29 is 9.13 Å². The summed E-state index contributed by atoms with van der Waals surface area (Å²) in [6.45, 7) is 0. The van der Waals surface area contributed by atoms with Crippen molar-refractivity contribution in [3.8, 4) is 11.8 Å². The van der Waals surface area contributed by atoms with Gasteiger partial charge in [-0.05, 0) is 30.3 Å². The Morgan fingerprint density at radius 1 is 1.26 bits per heavy atom. The number of anilines is 3. The number of nitrogens with one attached hydrogen (secondary N) is 1. The zero-order chi connectivity index (χ0) is 13.8. The van der Waals surface area contributed by atoms with Crippen molar-refractivity contribution in [2.24, 2.45) is 0 Å². The van der Waals surface area contributed by atoms with E-state index in [4.69, 9.17) is 15.7 Å². The van der Waals surface area contributed by atoms with Gasteiger partial charge in [-0.15, -0.1) is 0 Å². The van der Waals surface area contributed by atoms with Crippen LogP contribution in [0.2, 0.25) is 0 Å². The lowest BCUT2D eigenvalue weighted by Crippen LogP contribution is -1.98. The molecular formula is C14H12FN3O. The molecule has 2 aromatic rings. The van der Waals surface area contributed by atoms with Crippen LogP contribution in [0.25, 0.3) is 0 Å². The van der Waals surface area contributed by atoms with E-state index in [2.05, 4.69) is 5.32 Å². The van der Waals surface area contributed by atoms with Gasteiger partial charge >= 0.3 is 0 Å². The van der Waals surface area contributed by atoms with E-state index in [1.54, 1.807) is 24.3 Å². The normalized spacial score (nSPS) is 9.74. The van der Waals surface area contributed by atoms with Gasteiger partial charge in [-0.2, -0.15) is 5.26 Å². The highest BCUT2D eigenvalue weighted by atomic mass is 19.1. The predicted molar refractivity (Wildman–Crippen MR) is 71.8 cm³/mol. The first kappa shape index (κ1) is 12.7. The van der Waals surface area contributed by atoms with E-state index in [1.165, 1.54) is 19.2 Å². The van der Waals surface area contributed by atoms with Gasteiger partial charge in [-0.25, -0.2) is 4.39 Å². The number of methoxy groups -OCH3 is 1. The first-order chi connectivity index (χ1) is 9.13. The third-order valence-electron chi connectivity index (χ3n) is 2.61. The van der Waals surface area contributed by atoms with Crippen molar-refractivity contribution in [2.75, 3.05) is 18.2 Å². The Morgan fingerprint density at radius 3 is 2.68 bits per heavy atom. The zero-order valence-electron chi connectivity index (χ0n) is 10.3. The molecule has 0 aliphatic carbocycles. The van der Waals surface area contributed by atoms with E-state index in [1.807, 2.05) is 6.07 Å². The van der Waals surface area contributed by atoms with Gasteiger partial charge in [-0.1, -0.05) is 0 Å². The van der Waals surface area contributed by atoms with E-state index in [9.17, 15) is 4.39 Å². The second-order valence-corrected chi connectivity index (χ2v) is 3.89. The average molecular weight is 257 g/mol. The lowest BCUT2D eigenvalue weighted by molar-refractivity contribution is 0.386. The number of hydrogen-bond donors (Lipinski definition) is 2. The molecule has 0 saturated carbocycles. The highest BCUT2D eigenvalue weighted by Crippen LogP contribution is 2.27. The first-order valence-corrected chi connectivity index (χ1v) is 5.54. The molecule has 0 saturated heterocycles. The maximum atomic E-state index is 13.6. The van der Waals surface area contributed by atoms with Crippen molar-refractivity contribution in [1.82, 2.24) is 0 Å². The summed E-state index contributed by atoms with van der Waals surface area (Å²) >= 11 is 0. The molecule has 0 aromatic heterocycles. The van der Waals surface area contributed by atoms with Crippen LogP contribution in [0, 0.1) is 17.1 Å². The summed E-state index contributed by atoms with van der Waals surface area (Å²) in [7, 11) is 1.40. The Labute approximate surface area is 110 Å². The molecule has 0 fully saturated rings. The van der Waals surface area contributed by atoms with E-state index in [0.717, 1.165) is 0 Å². The lowest BCUT2D eigenvalue weighted by atomic mass is 10.2. The summed E-state index contributed by atoms with van der Waals surface area (Å²) in [5, 5.41) is 11.8. The number of nitrogens with zero attached hydrogens (tertiary/aromatic N) is 1. The maximum Gasteiger partial charge on any atom is 0.167 e. The van der Waals surface area contributed by atoms with Crippen molar-refractivity contribution in [3.05, 3.63) is 47.8 Å². The van der Waals surface area contributed by atoms with E-state index in [0.29, 0.717) is 22.6 Å². The fourth-order valence-electron chi connectivity index (χ4n) is 1.63. The minimum atomic E-state index is -0.470. The summed E-state index contributed by atoms with van der Waals surface area (Å²) in [6.07, 6.45) is 0. The van der Waals surface area contributed by atoms with E-state index >= 15 is 0 Å². The van der Waals surface area contributed by atoms with Gasteiger partial charge in [0.15, 0.2) is 11.6 Å². The van der Waals surface area contributed by atoms with Crippen LogP contribution in [0.4, 0.5) is 21.5 Å². The molecule has 0 aliphatic heterocycles. The Hall–Kier alpha value is -2.74. The largest absolute Gasteiger partial charge is 0.494 e. The molecule has 0 amide bonds. The minimum Gasteiger partial charge on any atom is -0.494 e. The fourth-order valence-corrected chi connectivity index (χ4v) is 1.63. The predicted octanol–water partition coefficient (Wildman–Crippen LogP) is 3.03. The van der Waals surface area contributed by atoms with Crippen LogP contribution in [0.1, 0.15) is 5.56 Å². The van der Waals surface area contributed by atoms with Crippen molar-refractivity contribution in [1.29, 1.82) is 5.26 Å². The molecule has 0 atom stereocenters. The molecule has 0 radical (unpaired) electrons. The Bertz CT molecular complexity index is 650. The van der Waals surface area contributed by atoms with Crippen LogP contribution in [0.5, 0.6) is 5.75 Å². The lowest BCUT2D eigenvalue weighted by Gasteiger charge is -2.10. The summed E-state index contributed by atoms with van der Waals surface area (Å²) < 4.78 is 18.4. The van der Waals surface area contributed by atoms with Gasteiger partial charge in [0.2, 0.25) is 0 Å². The summed E-state index contributed by atoms with van der Waals surface area (Å²) in [5.41, 5.74) is 7.84. The van der Waals surface area contributed by atoms with Crippen LogP contribution >= 0.6 is 0 Å². The molecule has 0 spiro atoms. The van der Waals surface area contributed by atoms with Crippen LogP contribution in [0.15, 0.2) is 36.4 Å². The quantitative estimate of drug-likeness (QED) is 0.829. The second kappa shape index (κ2) is 5.27. The maximum absolute atomic E-state index is 13.6. The van der Waals surface area contributed by atoms with Gasteiger partial charge in [0.25, 0.3) is 0 Å². The second-order valence-electron chi connectivity index (χ2n) is 3.89. The fraction of sp³-hybridized carbons (Fsp3) is 0.0714. The van der Waals surface area contributed by atoms with Gasteiger partial charge < -0.3 is 15.8 Å². The summed E-state index contributed by atoms with van der Waals surface area (Å²) in [6, 6.07) is 11.4. The Morgan fingerprint density at radius 2 is 2.05 bits per heavy atom. The molecule has 96 valence electrons. The monoisotopic (exact) mass is 257 g/mol. The molecule has 4 nitrogen and oxygen atoms in total. The molecule has 0 aliphatic rings. The number of hydrogen-bond acceptors (Lipinski definition) is 4. The number of nitrogen functional groups attached to an aromatic ring is 1. The Balaban J connectivity index is 2.31. The molecule has 0 bridgehead atoms. The number of ether oxygens (including phenoxy) is 1. The third kappa shape index (κ3) is 2.75. The van der Waals surface area contributed by atoms with E-state index < -0.39 is 5.82 Å². The molecular weight excluding hydrogens is 245 g/mol. The molecule has 2 rings (SSSR count). The highest BCUT2D eigenvalue weighted by molar-refractivity contribution is 5.74. The van der Waals surface area contributed by atoms with Crippen LogP contribution in [-0.2, 0) is 0 Å². The number of rotatable bonds is 3. The Kier molecular flexibility index (Phi) is 3.53. The van der Waals surface area contributed by atoms with Crippen molar-refractivity contribution in [3.63, 3.8) is 0 Å². The molecule has 5 heteroatoms. The average Bonchev–Trinajstić information content (AvgIpc) is 2.41. The van der Waals surface area contributed by atoms with Gasteiger partial charge in [-0.3, -0.25) is 0 Å². The summed E-state index contributed by atoms with van der Waals surface area (Å²) in [4.78, 5) is 0. The summed E-state index contributed by atoms with van der Waals surface area (Å²) in [5.74, 6) is -0.299. The van der Waals surface area contributed by atoms with E-state index in [-0.39, 0.29) is 5.75 Å². The van der Waals surface area contributed by atoms with Crippen LogP contribution in [0.3, 0.4) is 0 Å². The third-order valence-corrected chi connectivity index (χ3v) is 2.61. The van der Waals surface area contributed by atoms with Crippen LogP contribution < -0.4 is 15.8 Å². The topological polar surface area (TPSA) is 71.1 Å². The standard InChI is InChI=1S/C14H12FN3O/c1-19-14-5-3-10(7-11(14)15)18-13-6-9(8-16)2-4-12(13)17/h2-7,18H,17H2,1H3. The minimum absolute atomic E-state index is 0.171. The smallest absolute Gasteiger partial charge is 0.167 e. The SMILES string of the molecule is COc1ccc(Nc2cc(C#N)ccc2N)cc1F. The van der Waals surface area contributed by atoms with Crippen LogP contribution in [-0.4, -0.2) is 7.11 Å². The number of nitriles is 1. The number of benzene rings is 2. The van der Waals surface area contributed by atoms with Gasteiger partial charge in [0.05, 0.1) is 30.1 Å². The van der Waals surface area contributed by atoms with Crippen molar-refractivity contribution in [2.45, 2.75) is 0 Å². The van der Waals surface area contributed by atoms with Gasteiger partial charge in [0.1, 0.15) is 0 Å².